The van der Waals surface area contributed by atoms with Crippen molar-refractivity contribution < 1.29 is 9.53 Å². The largest absolute Gasteiger partial charge is 0.464 e. The Morgan fingerprint density at radius 2 is 1.58 bits per heavy atom. The second kappa shape index (κ2) is 9.04. The molecule has 0 radical (unpaired) electrons. The van der Waals surface area contributed by atoms with Crippen LogP contribution in [0.25, 0.3) is 0 Å². The highest BCUT2D eigenvalue weighted by molar-refractivity contribution is 6.29. The normalized spacial score (nSPS) is 11.4. The summed E-state index contributed by atoms with van der Waals surface area (Å²) < 4.78 is 5.13. The van der Waals surface area contributed by atoms with Crippen LogP contribution in [0.4, 0.5) is 0 Å². The number of benzene rings is 2. The van der Waals surface area contributed by atoms with Crippen LogP contribution in [0.15, 0.2) is 77.3 Å². The molecule has 24 heavy (non-hydrogen) atoms. The van der Waals surface area contributed by atoms with Gasteiger partial charge in [-0.15, -0.1) is 0 Å². The molecule has 0 saturated heterocycles. The van der Waals surface area contributed by atoms with E-state index in [-0.39, 0.29) is 6.42 Å². The number of halogens is 1. The highest BCUT2D eigenvalue weighted by atomic mass is 35.5. The second-order valence-electron chi connectivity index (χ2n) is 5.20. The van der Waals surface area contributed by atoms with Crippen molar-refractivity contribution in [2.45, 2.75) is 19.4 Å². The highest BCUT2D eigenvalue weighted by Gasteiger charge is 2.21. The smallest absolute Gasteiger partial charge is 0.331 e. The number of carbonyl (C=O) groups is 1. The Kier molecular flexibility index (Phi) is 6.76. The Balaban J connectivity index is 2.48. The van der Waals surface area contributed by atoms with Gasteiger partial charge in [0.2, 0.25) is 0 Å². The zero-order chi connectivity index (χ0) is 17.4. The van der Waals surface area contributed by atoms with Crippen LogP contribution in [0.5, 0.6) is 0 Å². The van der Waals surface area contributed by atoms with Gasteiger partial charge < -0.3 is 4.74 Å². The van der Waals surface area contributed by atoms with E-state index in [1.54, 1.807) is 6.92 Å². The maximum atomic E-state index is 12.2. The average molecular weight is 342 g/mol. The second-order valence-corrected chi connectivity index (χ2v) is 5.73. The van der Waals surface area contributed by atoms with Gasteiger partial charge in [0, 0.05) is 22.6 Å². The number of hydrogen-bond acceptors (Lipinski definition) is 3. The molecule has 1 unspecified atom stereocenters. The summed E-state index contributed by atoms with van der Waals surface area (Å²) in [6.07, 6.45) is 0.240. The maximum absolute atomic E-state index is 12.2. The summed E-state index contributed by atoms with van der Waals surface area (Å²) in [5.74, 6) is -0.399. The van der Waals surface area contributed by atoms with Gasteiger partial charge >= 0.3 is 5.97 Å². The molecule has 0 aliphatic heterocycles. The topological polar surface area (TPSA) is 38.7 Å². The molecule has 0 aliphatic carbocycles. The monoisotopic (exact) mass is 341 g/mol. The molecule has 124 valence electrons. The lowest BCUT2D eigenvalue weighted by Gasteiger charge is -2.14. The van der Waals surface area contributed by atoms with Crippen molar-refractivity contribution in [2.75, 3.05) is 6.61 Å². The van der Waals surface area contributed by atoms with Gasteiger partial charge in [-0.3, -0.25) is 4.99 Å². The lowest BCUT2D eigenvalue weighted by atomic mass is 10.0. The predicted octanol–water partition coefficient (Wildman–Crippen LogP) is 4.60. The van der Waals surface area contributed by atoms with Crippen LogP contribution in [-0.2, 0) is 9.53 Å². The van der Waals surface area contributed by atoms with Crippen LogP contribution in [0.3, 0.4) is 0 Å². The molecule has 0 spiro atoms. The summed E-state index contributed by atoms with van der Waals surface area (Å²) in [6.45, 7) is 5.74. The van der Waals surface area contributed by atoms with E-state index in [0.717, 1.165) is 16.8 Å². The van der Waals surface area contributed by atoms with Crippen LogP contribution in [0.1, 0.15) is 24.5 Å². The molecule has 0 N–H and O–H groups in total. The van der Waals surface area contributed by atoms with Crippen LogP contribution in [-0.4, -0.2) is 24.3 Å². The maximum Gasteiger partial charge on any atom is 0.331 e. The predicted molar refractivity (Wildman–Crippen MR) is 98.6 cm³/mol. The Hall–Kier alpha value is -2.39. The number of rotatable bonds is 7. The van der Waals surface area contributed by atoms with E-state index in [1.165, 1.54) is 0 Å². The molecule has 2 aromatic rings. The molecule has 1 atom stereocenters. The molecule has 2 rings (SSSR count). The van der Waals surface area contributed by atoms with Gasteiger partial charge in [0.15, 0.2) is 6.04 Å². The fourth-order valence-electron chi connectivity index (χ4n) is 2.29. The number of nitrogens with zero attached hydrogens (tertiary/aromatic N) is 1. The van der Waals surface area contributed by atoms with Crippen molar-refractivity contribution in [2.24, 2.45) is 4.99 Å². The lowest BCUT2D eigenvalue weighted by Crippen LogP contribution is -2.24. The van der Waals surface area contributed by atoms with Crippen LogP contribution < -0.4 is 0 Å². The van der Waals surface area contributed by atoms with E-state index in [2.05, 4.69) is 11.6 Å². The van der Waals surface area contributed by atoms with Crippen molar-refractivity contribution in [3.05, 3.63) is 83.4 Å². The van der Waals surface area contributed by atoms with Gasteiger partial charge in [-0.25, -0.2) is 4.79 Å². The molecule has 0 bridgehead atoms. The van der Waals surface area contributed by atoms with Crippen LogP contribution >= 0.6 is 11.6 Å². The van der Waals surface area contributed by atoms with Crippen LogP contribution in [0.2, 0.25) is 0 Å². The Morgan fingerprint density at radius 1 is 1.08 bits per heavy atom. The molecule has 0 aliphatic rings. The van der Waals surface area contributed by atoms with Crippen LogP contribution in [0, 0.1) is 0 Å². The van der Waals surface area contributed by atoms with Gasteiger partial charge in [-0.1, -0.05) is 78.8 Å². The first-order chi connectivity index (χ1) is 11.6. The Bertz CT molecular complexity index is 669. The Morgan fingerprint density at radius 3 is 2.00 bits per heavy atom. The number of hydrogen-bond donors (Lipinski definition) is 0. The van der Waals surface area contributed by atoms with Crippen molar-refractivity contribution in [1.82, 2.24) is 0 Å². The SMILES string of the molecule is C=C(Cl)CC(N=C(c1ccccc1)c1ccccc1)C(=O)OCC. The highest BCUT2D eigenvalue weighted by Crippen LogP contribution is 2.17. The minimum absolute atomic E-state index is 0.240. The van der Waals surface area contributed by atoms with Crippen molar-refractivity contribution in [3.63, 3.8) is 0 Å². The fraction of sp³-hybridized carbons (Fsp3) is 0.200. The molecule has 3 nitrogen and oxygen atoms in total. The Labute approximate surface area is 147 Å². The molecule has 0 amide bonds. The van der Waals surface area contributed by atoms with Crippen molar-refractivity contribution >= 4 is 23.3 Å². The van der Waals surface area contributed by atoms with E-state index in [0.29, 0.717) is 11.6 Å². The summed E-state index contributed by atoms with van der Waals surface area (Å²) in [5.41, 5.74) is 2.59. The van der Waals surface area contributed by atoms with Gasteiger partial charge in [-0.05, 0) is 6.92 Å². The van der Waals surface area contributed by atoms with E-state index < -0.39 is 12.0 Å². The third-order valence-electron chi connectivity index (χ3n) is 3.35. The van der Waals surface area contributed by atoms with E-state index in [1.807, 2.05) is 60.7 Å². The summed E-state index contributed by atoms with van der Waals surface area (Å²) in [5, 5.41) is 0.372. The van der Waals surface area contributed by atoms with Gasteiger partial charge in [0.05, 0.1) is 12.3 Å². The average Bonchev–Trinajstić information content (AvgIpc) is 2.60. The molecule has 0 heterocycles. The minimum Gasteiger partial charge on any atom is -0.464 e. The van der Waals surface area contributed by atoms with E-state index in [9.17, 15) is 4.79 Å². The first kappa shape index (κ1) is 18.0. The number of esters is 1. The molecule has 4 heteroatoms. The van der Waals surface area contributed by atoms with Gasteiger partial charge in [0.1, 0.15) is 0 Å². The molecular formula is C20H20ClNO2. The fourth-order valence-corrected chi connectivity index (χ4v) is 2.44. The molecule has 2 aromatic carbocycles. The van der Waals surface area contributed by atoms with E-state index in [4.69, 9.17) is 16.3 Å². The zero-order valence-electron chi connectivity index (χ0n) is 13.6. The van der Waals surface area contributed by atoms with Gasteiger partial charge in [0.25, 0.3) is 0 Å². The van der Waals surface area contributed by atoms with E-state index >= 15 is 0 Å². The first-order valence-electron chi connectivity index (χ1n) is 7.80. The summed E-state index contributed by atoms with van der Waals surface area (Å²) in [6, 6.07) is 18.8. The number of carbonyl (C=O) groups excluding carboxylic acids is 1. The quantitative estimate of drug-likeness (QED) is 0.545. The zero-order valence-corrected chi connectivity index (χ0v) is 14.4. The number of aliphatic imine (C=N–C) groups is 1. The summed E-state index contributed by atoms with van der Waals surface area (Å²) in [7, 11) is 0. The molecule has 0 saturated carbocycles. The van der Waals surface area contributed by atoms with Crippen molar-refractivity contribution in [3.8, 4) is 0 Å². The lowest BCUT2D eigenvalue weighted by molar-refractivity contribution is -0.144. The standard InChI is InChI=1S/C20H20ClNO2/c1-3-24-20(23)18(14-15(2)21)22-19(16-10-6-4-7-11-16)17-12-8-5-9-13-17/h4-13,18H,2-3,14H2,1H3. The van der Waals surface area contributed by atoms with Gasteiger partial charge in [-0.2, -0.15) is 0 Å². The summed E-state index contributed by atoms with van der Waals surface area (Å²) >= 11 is 5.92. The minimum atomic E-state index is -0.717. The molecule has 0 fully saturated rings. The third-order valence-corrected chi connectivity index (χ3v) is 3.51. The summed E-state index contributed by atoms with van der Waals surface area (Å²) in [4.78, 5) is 16.9. The molecular weight excluding hydrogens is 322 g/mol. The third kappa shape index (κ3) is 5.07. The number of ether oxygens (including phenoxy) is 1. The first-order valence-corrected chi connectivity index (χ1v) is 8.18. The molecule has 0 aromatic heterocycles. The van der Waals surface area contributed by atoms with Crippen molar-refractivity contribution in [1.29, 1.82) is 0 Å².